The zero-order valence-electron chi connectivity index (χ0n) is 19.0. The molecule has 0 fully saturated rings. The van der Waals surface area contributed by atoms with Crippen molar-refractivity contribution in [2.45, 2.75) is 6.42 Å². The van der Waals surface area contributed by atoms with E-state index in [0.717, 1.165) is 10.9 Å². The summed E-state index contributed by atoms with van der Waals surface area (Å²) in [7, 11) is 1.80. The van der Waals surface area contributed by atoms with Crippen LogP contribution >= 0.6 is 0 Å². The van der Waals surface area contributed by atoms with Gasteiger partial charge in [0.15, 0.2) is 0 Å². The van der Waals surface area contributed by atoms with E-state index < -0.39 is 16.7 Å². The molecule has 1 aromatic heterocycles. The third-order valence-electron chi connectivity index (χ3n) is 5.83. The van der Waals surface area contributed by atoms with Gasteiger partial charge in [0, 0.05) is 54.6 Å². The van der Waals surface area contributed by atoms with Crippen LogP contribution in [0, 0.1) is 10.1 Å². The minimum absolute atomic E-state index is 0.0417. The van der Waals surface area contributed by atoms with Crippen molar-refractivity contribution in [3.05, 3.63) is 82.6 Å². The highest BCUT2D eigenvalue weighted by Crippen LogP contribution is 2.39. The van der Waals surface area contributed by atoms with Crippen molar-refractivity contribution in [3.8, 4) is 0 Å². The fraction of sp³-hybridized carbons (Fsp3) is 0.160. The number of nitrogens with zero attached hydrogens (tertiary/aromatic N) is 2. The second kappa shape index (κ2) is 9.64. The summed E-state index contributed by atoms with van der Waals surface area (Å²) in [4.78, 5) is 53.3. The van der Waals surface area contributed by atoms with Gasteiger partial charge in [-0.2, -0.15) is 0 Å². The molecule has 3 amide bonds. The van der Waals surface area contributed by atoms with Crippen molar-refractivity contribution in [1.82, 2.24) is 15.6 Å². The molecule has 4 rings (SSSR count). The number of carbonyl (C=O) groups is 3. The number of aromatic nitrogens is 1. The highest BCUT2D eigenvalue weighted by molar-refractivity contribution is 6.50. The molecule has 10 nitrogen and oxygen atoms in total. The molecule has 3 N–H and O–H groups in total. The number of hydrogen-bond donors (Lipinski definition) is 3. The maximum Gasteiger partial charge on any atom is 0.277 e. The molecule has 0 atom stereocenters. The van der Waals surface area contributed by atoms with E-state index in [2.05, 4.69) is 22.2 Å². The van der Waals surface area contributed by atoms with E-state index in [0.29, 0.717) is 30.8 Å². The first-order chi connectivity index (χ1) is 16.8. The third kappa shape index (κ3) is 4.54. The van der Waals surface area contributed by atoms with Crippen LogP contribution < -0.4 is 15.5 Å². The molecule has 0 aliphatic carbocycles. The molecular weight excluding hydrogens is 450 g/mol. The van der Waals surface area contributed by atoms with Crippen LogP contribution in [0.2, 0.25) is 0 Å². The fourth-order valence-electron chi connectivity index (χ4n) is 4.10. The number of carbonyl (C=O) groups excluding carboxylic acids is 3. The number of rotatable bonds is 9. The fourth-order valence-corrected chi connectivity index (χ4v) is 4.10. The number of hydrogen-bond acceptors (Lipinski definition) is 6. The third-order valence-corrected chi connectivity index (χ3v) is 5.83. The molecule has 0 spiro atoms. The Labute approximate surface area is 200 Å². The molecule has 0 unspecified atom stereocenters. The number of imide groups is 1. The smallest absolute Gasteiger partial charge is 0.277 e. The van der Waals surface area contributed by atoms with Gasteiger partial charge in [-0.1, -0.05) is 24.8 Å². The first-order valence-corrected chi connectivity index (χ1v) is 10.9. The van der Waals surface area contributed by atoms with Gasteiger partial charge in [0.05, 0.1) is 21.6 Å². The highest BCUT2D eigenvalue weighted by Gasteiger charge is 2.36. The van der Waals surface area contributed by atoms with Crippen LogP contribution in [-0.4, -0.2) is 47.8 Å². The average molecular weight is 473 g/mol. The Balaban J connectivity index is 1.77. The molecule has 0 saturated carbocycles. The summed E-state index contributed by atoms with van der Waals surface area (Å²) in [6.45, 7) is 4.37. The Kier molecular flexibility index (Phi) is 6.45. The summed E-state index contributed by atoms with van der Waals surface area (Å²) in [6.07, 6.45) is 3.43. The van der Waals surface area contributed by atoms with Crippen LogP contribution in [0.15, 0.2) is 61.3 Å². The van der Waals surface area contributed by atoms with Gasteiger partial charge in [0.2, 0.25) is 5.91 Å². The van der Waals surface area contributed by atoms with Gasteiger partial charge in [-0.25, -0.2) is 0 Å². The number of aromatic amines is 1. The number of nitro groups is 1. The molecular formula is C25H23N5O5. The Morgan fingerprint density at radius 2 is 1.86 bits per heavy atom. The maximum absolute atomic E-state index is 12.9. The van der Waals surface area contributed by atoms with Crippen LogP contribution in [0.1, 0.15) is 17.5 Å². The van der Waals surface area contributed by atoms with Gasteiger partial charge in [-0.3, -0.25) is 29.8 Å². The van der Waals surface area contributed by atoms with E-state index in [-0.39, 0.29) is 28.3 Å². The zero-order chi connectivity index (χ0) is 25.1. The summed E-state index contributed by atoms with van der Waals surface area (Å²) >= 11 is 0. The van der Waals surface area contributed by atoms with Gasteiger partial charge >= 0.3 is 0 Å². The maximum atomic E-state index is 12.9. The minimum atomic E-state index is -0.690. The lowest BCUT2D eigenvalue weighted by Crippen LogP contribution is -2.27. The standard InChI is InChI=1S/C25H23N5O5/c1-3-21(31)26-11-6-12-29(2)15-9-10-20(30(34)35)17(13-15)22-23(25(33)28-24(22)32)18-14-27-19-8-5-4-7-16(18)19/h3-5,7-10,13-14,27H,1,6,11-12H2,2H3,(H,26,31)(H,28,32,33). The molecule has 35 heavy (non-hydrogen) atoms. The minimum Gasteiger partial charge on any atom is -0.375 e. The Morgan fingerprint density at radius 3 is 2.57 bits per heavy atom. The number of amides is 3. The molecule has 10 heteroatoms. The predicted octanol–water partition coefficient (Wildman–Crippen LogP) is 2.77. The quantitative estimate of drug-likeness (QED) is 0.144. The monoisotopic (exact) mass is 473 g/mol. The van der Waals surface area contributed by atoms with Crippen LogP contribution in [0.5, 0.6) is 0 Å². The van der Waals surface area contributed by atoms with Crippen molar-refractivity contribution in [2.24, 2.45) is 0 Å². The van der Waals surface area contributed by atoms with Crippen LogP contribution in [0.3, 0.4) is 0 Å². The van der Waals surface area contributed by atoms with Crippen molar-refractivity contribution in [2.75, 3.05) is 25.0 Å². The summed E-state index contributed by atoms with van der Waals surface area (Å²) in [5, 5.41) is 17.6. The molecule has 3 aromatic rings. The zero-order valence-corrected chi connectivity index (χ0v) is 19.0. The van der Waals surface area contributed by atoms with E-state index in [4.69, 9.17) is 0 Å². The number of fused-ring (bicyclic) bond motifs is 1. The van der Waals surface area contributed by atoms with E-state index in [1.807, 2.05) is 29.2 Å². The van der Waals surface area contributed by atoms with Gasteiger partial charge in [0.25, 0.3) is 17.5 Å². The Hall–Kier alpha value is -4.73. The first kappa shape index (κ1) is 23.4. The largest absolute Gasteiger partial charge is 0.375 e. The predicted molar refractivity (Wildman–Crippen MR) is 132 cm³/mol. The highest BCUT2D eigenvalue weighted by atomic mass is 16.6. The lowest BCUT2D eigenvalue weighted by molar-refractivity contribution is -0.385. The van der Waals surface area contributed by atoms with Crippen LogP contribution in [0.4, 0.5) is 11.4 Å². The van der Waals surface area contributed by atoms with Gasteiger partial charge < -0.3 is 15.2 Å². The summed E-state index contributed by atoms with van der Waals surface area (Å²) < 4.78 is 0. The Morgan fingerprint density at radius 1 is 1.14 bits per heavy atom. The number of nitrogens with one attached hydrogen (secondary N) is 3. The summed E-state index contributed by atoms with van der Waals surface area (Å²) in [5.41, 5.74) is 1.71. The van der Waals surface area contributed by atoms with Gasteiger partial charge in [-0.15, -0.1) is 0 Å². The first-order valence-electron chi connectivity index (χ1n) is 10.9. The SMILES string of the molecule is C=CC(=O)NCCCN(C)c1ccc([N+](=O)[O-])c(C2=C(c3c[nH]c4ccccc34)C(=O)NC2=O)c1. The number of nitro benzene ring substituents is 1. The van der Waals surface area contributed by atoms with Crippen LogP contribution in [0.25, 0.3) is 22.0 Å². The van der Waals surface area contributed by atoms with E-state index in [1.54, 1.807) is 25.4 Å². The second-order valence-electron chi connectivity index (χ2n) is 8.01. The van der Waals surface area contributed by atoms with Crippen molar-refractivity contribution in [1.29, 1.82) is 0 Å². The molecule has 2 aromatic carbocycles. The van der Waals surface area contributed by atoms with E-state index in [9.17, 15) is 24.5 Å². The van der Waals surface area contributed by atoms with E-state index in [1.165, 1.54) is 12.1 Å². The lowest BCUT2D eigenvalue weighted by Gasteiger charge is -2.20. The number of para-hydroxylation sites is 1. The van der Waals surface area contributed by atoms with Crippen molar-refractivity contribution < 1.29 is 19.3 Å². The molecule has 0 bridgehead atoms. The number of anilines is 1. The Bertz CT molecular complexity index is 1400. The second-order valence-corrected chi connectivity index (χ2v) is 8.01. The van der Waals surface area contributed by atoms with Gasteiger partial charge in [0.1, 0.15) is 0 Å². The topological polar surface area (TPSA) is 137 Å². The van der Waals surface area contributed by atoms with E-state index >= 15 is 0 Å². The molecule has 1 aliphatic heterocycles. The molecule has 1 aliphatic rings. The molecule has 2 heterocycles. The molecule has 178 valence electrons. The molecule has 0 radical (unpaired) electrons. The summed E-state index contributed by atoms with van der Waals surface area (Å²) in [6, 6.07) is 11.8. The van der Waals surface area contributed by atoms with Crippen molar-refractivity contribution in [3.63, 3.8) is 0 Å². The normalized spacial score (nSPS) is 13.2. The number of benzene rings is 2. The van der Waals surface area contributed by atoms with Crippen molar-refractivity contribution >= 4 is 51.1 Å². The lowest BCUT2D eigenvalue weighted by atomic mass is 9.94. The average Bonchev–Trinajstić information content (AvgIpc) is 3.40. The van der Waals surface area contributed by atoms with Gasteiger partial charge in [-0.05, 0) is 30.7 Å². The van der Waals surface area contributed by atoms with Crippen LogP contribution in [-0.2, 0) is 14.4 Å². The summed E-state index contributed by atoms with van der Waals surface area (Å²) in [5.74, 6) is -1.56. The molecule has 0 saturated heterocycles. The number of H-pyrrole nitrogens is 1.